The number of methoxy groups -OCH3 is 1. The van der Waals surface area contributed by atoms with Crippen LogP contribution in [0.2, 0.25) is 0 Å². The van der Waals surface area contributed by atoms with Crippen LogP contribution < -0.4 is 10.1 Å². The van der Waals surface area contributed by atoms with Gasteiger partial charge in [-0.15, -0.1) is 0 Å². The monoisotopic (exact) mass is 387 g/mol. The Morgan fingerprint density at radius 2 is 1.76 bits per heavy atom. The second-order valence-electron chi connectivity index (χ2n) is 6.85. The quantitative estimate of drug-likeness (QED) is 0.554. The molecule has 0 bridgehead atoms. The summed E-state index contributed by atoms with van der Waals surface area (Å²) in [5.41, 5.74) is 4.24. The molecular formula is C21H21N7O. The van der Waals surface area contributed by atoms with E-state index in [1.807, 2.05) is 45.0 Å². The fraction of sp³-hybridized carbons (Fsp3) is 0.238. The molecule has 4 aromatic rings. The lowest BCUT2D eigenvalue weighted by atomic mass is 10.1. The molecule has 1 N–H and O–H groups in total. The predicted molar refractivity (Wildman–Crippen MR) is 111 cm³/mol. The van der Waals surface area contributed by atoms with E-state index in [0.717, 1.165) is 27.9 Å². The van der Waals surface area contributed by atoms with Crippen molar-refractivity contribution in [2.24, 2.45) is 0 Å². The maximum atomic E-state index is 5.58. The van der Waals surface area contributed by atoms with Crippen molar-refractivity contribution in [3.05, 3.63) is 59.9 Å². The van der Waals surface area contributed by atoms with E-state index in [4.69, 9.17) is 4.74 Å². The van der Waals surface area contributed by atoms with Gasteiger partial charge in [0.15, 0.2) is 5.82 Å². The Hall–Kier alpha value is -3.68. The third-order valence-corrected chi connectivity index (χ3v) is 4.58. The molecule has 0 saturated carbocycles. The summed E-state index contributed by atoms with van der Waals surface area (Å²) in [6, 6.07) is 7.66. The Balaban J connectivity index is 1.78. The lowest BCUT2D eigenvalue weighted by molar-refractivity contribution is 0.419. The molecule has 146 valence electrons. The van der Waals surface area contributed by atoms with Crippen LogP contribution in [0.5, 0.6) is 5.75 Å². The van der Waals surface area contributed by atoms with Gasteiger partial charge in [-0.25, -0.2) is 19.9 Å². The maximum absolute atomic E-state index is 5.58. The second kappa shape index (κ2) is 7.75. The zero-order valence-corrected chi connectivity index (χ0v) is 16.7. The topological polar surface area (TPSA) is 98.6 Å². The van der Waals surface area contributed by atoms with E-state index in [1.165, 1.54) is 6.33 Å². The molecule has 29 heavy (non-hydrogen) atoms. The van der Waals surface area contributed by atoms with Crippen LogP contribution in [0.3, 0.4) is 0 Å². The first-order valence-electron chi connectivity index (χ1n) is 9.23. The van der Waals surface area contributed by atoms with Gasteiger partial charge in [-0.05, 0) is 50.6 Å². The number of nitrogens with zero attached hydrogens (tertiary/aromatic N) is 6. The van der Waals surface area contributed by atoms with Crippen molar-refractivity contribution >= 4 is 16.7 Å². The minimum absolute atomic E-state index is 0.0912. The average molecular weight is 387 g/mol. The summed E-state index contributed by atoms with van der Waals surface area (Å²) in [6.07, 6.45) is 5.10. The lowest BCUT2D eigenvalue weighted by Crippen LogP contribution is -2.11. The third-order valence-electron chi connectivity index (χ3n) is 4.58. The Labute approximate surface area is 168 Å². The lowest BCUT2D eigenvalue weighted by Gasteiger charge is -2.16. The average Bonchev–Trinajstić information content (AvgIpc) is 2.74. The summed E-state index contributed by atoms with van der Waals surface area (Å²) in [4.78, 5) is 17.7. The van der Waals surface area contributed by atoms with Gasteiger partial charge >= 0.3 is 0 Å². The number of benzene rings is 1. The molecule has 8 nitrogen and oxygen atoms in total. The number of anilines is 1. The highest BCUT2D eigenvalue weighted by Crippen LogP contribution is 2.33. The Morgan fingerprint density at radius 1 is 0.966 bits per heavy atom. The molecule has 0 saturated heterocycles. The number of rotatable bonds is 5. The second-order valence-corrected chi connectivity index (χ2v) is 6.85. The van der Waals surface area contributed by atoms with Gasteiger partial charge in [0.2, 0.25) is 0 Å². The number of hydrogen-bond donors (Lipinski definition) is 1. The fourth-order valence-corrected chi connectivity index (χ4v) is 3.00. The van der Waals surface area contributed by atoms with Gasteiger partial charge in [0.25, 0.3) is 0 Å². The van der Waals surface area contributed by atoms with E-state index < -0.39 is 0 Å². The highest BCUT2D eigenvalue weighted by atomic mass is 16.5. The first kappa shape index (κ1) is 18.7. The van der Waals surface area contributed by atoms with E-state index in [-0.39, 0.29) is 6.04 Å². The highest BCUT2D eigenvalue weighted by molar-refractivity contribution is 5.96. The predicted octanol–water partition coefficient (Wildman–Crippen LogP) is 3.68. The first-order chi connectivity index (χ1) is 14.0. The van der Waals surface area contributed by atoms with Crippen molar-refractivity contribution in [1.29, 1.82) is 0 Å². The van der Waals surface area contributed by atoms with Crippen LogP contribution in [0.15, 0.2) is 43.0 Å². The zero-order chi connectivity index (χ0) is 20.4. The third kappa shape index (κ3) is 3.82. The van der Waals surface area contributed by atoms with Crippen molar-refractivity contribution in [2.45, 2.75) is 26.8 Å². The molecule has 4 rings (SSSR count). The van der Waals surface area contributed by atoms with Crippen LogP contribution in [0.1, 0.15) is 29.9 Å². The van der Waals surface area contributed by atoms with Gasteiger partial charge in [0, 0.05) is 23.3 Å². The van der Waals surface area contributed by atoms with Crippen molar-refractivity contribution in [3.8, 4) is 17.1 Å². The molecule has 0 aliphatic rings. The summed E-state index contributed by atoms with van der Waals surface area (Å²) in [5.74, 6) is 1.93. The molecule has 8 heteroatoms. The molecule has 3 heterocycles. The van der Waals surface area contributed by atoms with Gasteiger partial charge in [0.05, 0.1) is 24.5 Å². The number of ether oxygens (including phenoxy) is 1. The van der Waals surface area contributed by atoms with Gasteiger partial charge in [-0.1, -0.05) is 0 Å². The van der Waals surface area contributed by atoms with E-state index in [1.54, 1.807) is 19.5 Å². The molecule has 0 fully saturated rings. The Bertz CT molecular complexity index is 1140. The maximum Gasteiger partial charge on any atom is 0.159 e. The minimum atomic E-state index is -0.0912. The zero-order valence-electron chi connectivity index (χ0n) is 16.7. The number of aromatic nitrogens is 6. The molecule has 1 aromatic carbocycles. The number of fused-ring (bicyclic) bond motifs is 1. The standard InChI is InChI=1S/C21H21N7O/c1-12-9-22-20(23-10-12)15-7-16-19(18(8-15)29-4)24-11-25-21(16)26-14(3)17-6-5-13(2)27-28-17/h5-11,14H,1-4H3,(H,24,25,26). The van der Waals surface area contributed by atoms with Crippen LogP contribution in [0, 0.1) is 13.8 Å². The molecule has 1 unspecified atom stereocenters. The summed E-state index contributed by atoms with van der Waals surface area (Å²) in [5, 5.41) is 12.6. The number of hydrogen-bond acceptors (Lipinski definition) is 8. The van der Waals surface area contributed by atoms with Crippen LogP contribution >= 0.6 is 0 Å². The Kier molecular flexibility index (Phi) is 4.99. The Morgan fingerprint density at radius 3 is 2.45 bits per heavy atom. The minimum Gasteiger partial charge on any atom is -0.494 e. The fourth-order valence-electron chi connectivity index (χ4n) is 3.00. The summed E-state index contributed by atoms with van der Waals surface area (Å²) < 4.78 is 5.58. The first-order valence-corrected chi connectivity index (χ1v) is 9.23. The molecule has 0 amide bonds. The molecule has 3 aromatic heterocycles. The normalized spacial score (nSPS) is 12.0. The van der Waals surface area contributed by atoms with E-state index in [0.29, 0.717) is 22.9 Å². The smallest absolute Gasteiger partial charge is 0.159 e. The van der Waals surface area contributed by atoms with Crippen molar-refractivity contribution in [1.82, 2.24) is 30.1 Å². The van der Waals surface area contributed by atoms with Crippen LogP contribution in [0.4, 0.5) is 5.82 Å². The van der Waals surface area contributed by atoms with E-state index >= 15 is 0 Å². The molecule has 1 atom stereocenters. The van der Waals surface area contributed by atoms with E-state index in [2.05, 4.69) is 35.5 Å². The summed E-state index contributed by atoms with van der Waals surface area (Å²) in [7, 11) is 1.62. The van der Waals surface area contributed by atoms with Crippen LogP contribution in [-0.2, 0) is 0 Å². The SMILES string of the molecule is COc1cc(-c2ncc(C)cn2)cc2c(NC(C)c3ccc(C)nn3)ncnc12. The van der Waals surface area contributed by atoms with Gasteiger partial charge in [-0.3, -0.25) is 0 Å². The summed E-state index contributed by atoms with van der Waals surface area (Å²) >= 11 is 0. The highest BCUT2D eigenvalue weighted by Gasteiger charge is 2.15. The molecule has 0 radical (unpaired) electrons. The molecular weight excluding hydrogens is 366 g/mol. The van der Waals surface area contributed by atoms with Gasteiger partial charge < -0.3 is 10.1 Å². The molecule has 0 aliphatic carbocycles. The number of aryl methyl sites for hydroxylation is 2. The largest absolute Gasteiger partial charge is 0.494 e. The van der Waals surface area contributed by atoms with Crippen LogP contribution in [0.25, 0.3) is 22.3 Å². The van der Waals surface area contributed by atoms with Crippen LogP contribution in [-0.4, -0.2) is 37.2 Å². The van der Waals surface area contributed by atoms with Gasteiger partial charge in [0.1, 0.15) is 23.4 Å². The van der Waals surface area contributed by atoms with E-state index in [9.17, 15) is 0 Å². The van der Waals surface area contributed by atoms with Crippen molar-refractivity contribution < 1.29 is 4.74 Å². The molecule has 0 spiro atoms. The summed E-state index contributed by atoms with van der Waals surface area (Å²) in [6.45, 7) is 5.88. The van der Waals surface area contributed by atoms with Gasteiger partial charge in [-0.2, -0.15) is 10.2 Å². The van der Waals surface area contributed by atoms with Crippen molar-refractivity contribution in [3.63, 3.8) is 0 Å². The molecule has 0 aliphatic heterocycles. The van der Waals surface area contributed by atoms with Crippen molar-refractivity contribution in [2.75, 3.05) is 12.4 Å². The number of nitrogens with one attached hydrogen (secondary N) is 1.